The quantitative estimate of drug-likeness (QED) is 0.868. The van der Waals surface area contributed by atoms with Crippen molar-refractivity contribution >= 4 is 5.82 Å². The summed E-state index contributed by atoms with van der Waals surface area (Å²) in [6, 6.07) is 8.21. The largest absolute Gasteiger partial charge is 0.377 e. The van der Waals surface area contributed by atoms with Crippen molar-refractivity contribution in [3.05, 3.63) is 47.7 Å². The molecule has 0 radical (unpaired) electrons. The highest BCUT2D eigenvalue weighted by Crippen LogP contribution is 2.28. The number of piperidine rings is 1. The molecule has 0 N–H and O–H groups in total. The first kappa shape index (κ1) is 14.9. The van der Waals surface area contributed by atoms with Crippen molar-refractivity contribution in [3.8, 4) is 0 Å². The van der Waals surface area contributed by atoms with Gasteiger partial charge in [-0.15, -0.1) is 0 Å². The molecule has 0 aliphatic carbocycles. The highest BCUT2D eigenvalue weighted by Gasteiger charge is 2.23. The summed E-state index contributed by atoms with van der Waals surface area (Å²) in [7, 11) is 1.67. The molecule has 3 heterocycles. The number of ether oxygens (including phenoxy) is 1. The number of methoxy groups -OCH3 is 1. The Hall–Kier alpha value is -2.01. The summed E-state index contributed by atoms with van der Waals surface area (Å²) >= 11 is 0. The molecule has 0 aromatic carbocycles. The summed E-state index contributed by atoms with van der Waals surface area (Å²) in [5.74, 6) is 2.22. The van der Waals surface area contributed by atoms with Gasteiger partial charge in [0.2, 0.25) is 0 Å². The summed E-state index contributed by atoms with van der Waals surface area (Å²) in [4.78, 5) is 15.9. The third-order valence-corrected chi connectivity index (χ3v) is 4.01. The number of aromatic nitrogens is 3. The number of nitrogens with zero attached hydrogens (tertiary/aromatic N) is 4. The van der Waals surface area contributed by atoms with Crippen molar-refractivity contribution in [1.82, 2.24) is 15.0 Å². The summed E-state index contributed by atoms with van der Waals surface area (Å²) in [5, 5.41) is 0. The van der Waals surface area contributed by atoms with Crippen molar-refractivity contribution in [1.29, 1.82) is 0 Å². The second-order valence-corrected chi connectivity index (χ2v) is 5.76. The van der Waals surface area contributed by atoms with Crippen molar-refractivity contribution in [2.24, 2.45) is 0 Å². The van der Waals surface area contributed by atoms with Gasteiger partial charge < -0.3 is 9.64 Å². The molecule has 0 saturated carbocycles. The lowest BCUT2D eigenvalue weighted by Crippen LogP contribution is -2.35. The van der Waals surface area contributed by atoms with E-state index in [2.05, 4.69) is 38.1 Å². The molecule has 1 atom stereocenters. The molecule has 22 heavy (non-hydrogen) atoms. The van der Waals surface area contributed by atoms with Crippen molar-refractivity contribution < 1.29 is 4.74 Å². The van der Waals surface area contributed by atoms with Crippen LogP contribution in [0.4, 0.5) is 5.82 Å². The Kier molecular flexibility index (Phi) is 4.63. The third kappa shape index (κ3) is 3.42. The number of hydrogen-bond acceptors (Lipinski definition) is 5. The second-order valence-electron chi connectivity index (χ2n) is 5.76. The maximum atomic E-state index is 5.16. The molecule has 2 aromatic rings. The zero-order valence-electron chi connectivity index (χ0n) is 13.2. The van der Waals surface area contributed by atoms with Gasteiger partial charge in [-0.25, -0.2) is 9.97 Å². The minimum atomic E-state index is 0.451. The number of aryl methyl sites for hydroxylation is 1. The van der Waals surface area contributed by atoms with Crippen LogP contribution in [0.1, 0.15) is 36.0 Å². The Morgan fingerprint density at radius 1 is 1.32 bits per heavy atom. The number of hydrogen-bond donors (Lipinski definition) is 0. The van der Waals surface area contributed by atoms with Crippen LogP contribution in [0.3, 0.4) is 0 Å². The van der Waals surface area contributed by atoms with E-state index in [1.165, 1.54) is 12.1 Å². The maximum Gasteiger partial charge on any atom is 0.156 e. The zero-order chi connectivity index (χ0) is 15.4. The van der Waals surface area contributed by atoms with E-state index in [0.29, 0.717) is 12.5 Å². The lowest BCUT2D eigenvalue weighted by atomic mass is 9.94. The molecule has 1 aliphatic heterocycles. The van der Waals surface area contributed by atoms with Gasteiger partial charge in [0.25, 0.3) is 0 Å². The highest BCUT2D eigenvalue weighted by molar-refractivity contribution is 5.41. The van der Waals surface area contributed by atoms with Crippen molar-refractivity contribution in [2.45, 2.75) is 32.3 Å². The molecule has 3 rings (SSSR count). The van der Waals surface area contributed by atoms with E-state index in [1.807, 2.05) is 19.2 Å². The molecule has 2 aromatic heterocycles. The molecule has 0 unspecified atom stereocenters. The first-order valence-electron chi connectivity index (χ1n) is 7.75. The topological polar surface area (TPSA) is 51.1 Å². The number of pyridine rings is 1. The average molecular weight is 298 g/mol. The van der Waals surface area contributed by atoms with E-state index in [9.17, 15) is 0 Å². The van der Waals surface area contributed by atoms with Gasteiger partial charge in [0.15, 0.2) is 5.82 Å². The van der Waals surface area contributed by atoms with Crippen molar-refractivity contribution in [3.63, 3.8) is 0 Å². The first-order valence-corrected chi connectivity index (χ1v) is 7.75. The minimum Gasteiger partial charge on any atom is -0.377 e. The number of anilines is 1. The van der Waals surface area contributed by atoms with Crippen LogP contribution in [0.15, 0.2) is 30.5 Å². The summed E-state index contributed by atoms with van der Waals surface area (Å²) < 4.78 is 5.16. The van der Waals surface area contributed by atoms with Crippen LogP contribution in [0.25, 0.3) is 0 Å². The van der Waals surface area contributed by atoms with Crippen LogP contribution in [0.5, 0.6) is 0 Å². The van der Waals surface area contributed by atoms with Gasteiger partial charge in [0, 0.05) is 49.8 Å². The van der Waals surface area contributed by atoms with Gasteiger partial charge in [0.1, 0.15) is 12.4 Å². The summed E-state index contributed by atoms with van der Waals surface area (Å²) in [6.45, 7) is 4.45. The van der Waals surface area contributed by atoms with Gasteiger partial charge in [0.05, 0.1) is 0 Å². The molecular formula is C17H22N4O. The van der Waals surface area contributed by atoms with Crippen LogP contribution in [-0.2, 0) is 11.3 Å². The Labute approximate surface area is 131 Å². The van der Waals surface area contributed by atoms with Crippen molar-refractivity contribution in [2.75, 3.05) is 25.1 Å². The van der Waals surface area contributed by atoms with E-state index in [1.54, 1.807) is 7.11 Å². The molecule has 1 saturated heterocycles. The summed E-state index contributed by atoms with van der Waals surface area (Å²) in [5.41, 5.74) is 2.16. The monoisotopic (exact) mass is 298 g/mol. The SMILES string of the molecule is COCc1nc(C)cc(N2CCC[C@H](c3ccccn3)C2)n1. The summed E-state index contributed by atoms with van der Waals surface area (Å²) in [6.07, 6.45) is 4.21. The molecule has 1 fully saturated rings. The molecule has 116 valence electrons. The Morgan fingerprint density at radius 3 is 3.00 bits per heavy atom. The highest BCUT2D eigenvalue weighted by atomic mass is 16.5. The predicted molar refractivity (Wildman–Crippen MR) is 85.9 cm³/mol. The van der Waals surface area contributed by atoms with Crippen LogP contribution in [-0.4, -0.2) is 35.2 Å². The second kappa shape index (κ2) is 6.83. The molecule has 0 spiro atoms. The lowest BCUT2D eigenvalue weighted by molar-refractivity contribution is 0.177. The molecule has 5 nitrogen and oxygen atoms in total. The molecule has 0 amide bonds. The standard InChI is InChI=1S/C17H22N4O/c1-13-10-17(20-16(19-13)12-22-2)21-9-5-6-14(11-21)15-7-3-4-8-18-15/h3-4,7-8,10,14H,5-6,9,11-12H2,1-2H3/t14-/m0/s1. The molecule has 1 aliphatic rings. The van der Waals surface area contributed by atoms with E-state index in [-0.39, 0.29) is 0 Å². The van der Waals surface area contributed by atoms with Crippen LogP contribution in [0.2, 0.25) is 0 Å². The lowest BCUT2D eigenvalue weighted by Gasteiger charge is -2.33. The van der Waals surface area contributed by atoms with E-state index < -0.39 is 0 Å². The van der Waals surface area contributed by atoms with E-state index in [4.69, 9.17) is 4.74 Å². The number of rotatable bonds is 4. The van der Waals surface area contributed by atoms with Gasteiger partial charge in [-0.05, 0) is 31.9 Å². The van der Waals surface area contributed by atoms with Crippen LogP contribution in [0, 0.1) is 6.92 Å². The predicted octanol–water partition coefficient (Wildman–Crippen LogP) is 2.71. The molecule has 0 bridgehead atoms. The van der Waals surface area contributed by atoms with Gasteiger partial charge in [-0.3, -0.25) is 4.98 Å². The van der Waals surface area contributed by atoms with E-state index >= 15 is 0 Å². The third-order valence-electron chi connectivity index (χ3n) is 4.01. The first-order chi connectivity index (χ1) is 10.8. The zero-order valence-corrected chi connectivity index (χ0v) is 13.2. The van der Waals surface area contributed by atoms with Crippen LogP contribution < -0.4 is 4.90 Å². The van der Waals surface area contributed by atoms with Gasteiger partial charge in [-0.1, -0.05) is 6.07 Å². The Morgan fingerprint density at radius 2 is 2.23 bits per heavy atom. The van der Waals surface area contributed by atoms with E-state index in [0.717, 1.165) is 36.8 Å². The average Bonchev–Trinajstić information content (AvgIpc) is 2.56. The maximum absolute atomic E-state index is 5.16. The minimum absolute atomic E-state index is 0.451. The van der Waals surface area contributed by atoms with Crippen LogP contribution >= 0.6 is 0 Å². The van der Waals surface area contributed by atoms with Gasteiger partial charge >= 0.3 is 0 Å². The smallest absolute Gasteiger partial charge is 0.156 e. The normalized spacial score (nSPS) is 18.5. The fourth-order valence-electron chi connectivity index (χ4n) is 3.01. The Balaban J connectivity index is 1.80. The fourth-order valence-corrected chi connectivity index (χ4v) is 3.01. The fraction of sp³-hybridized carbons (Fsp3) is 0.471. The molecular weight excluding hydrogens is 276 g/mol. The van der Waals surface area contributed by atoms with Gasteiger partial charge in [-0.2, -0.15) is 0 Å². The Bertz CT molecular complexity index is 617. The molecule has 5 heteroatoms.